The Kier molecular flexibility index (Phi) is 4.94. The first kappa shape index (κ1) is 14.6. The van der Waals surface area contributed by atoms with E-state index in [0.29, 0.717) is 6.04 Å². The molecule has 21 heavy (non-hydrogen) atoms. The lowest BCUT2D eigenvalue weighted by Gasteiger charge is -2.24. The highest BCUT2D eigenvalue weighted by Crippen LogP contribution is 2.33. The third kappa shape index (κ3) is 3.66. The lowest BCUT2D eigenvalue weighted by atomic mass is 9.94. The molecule has 0 fully saturated rings. The predicted octanol–water partition coefficient (Wildman–Crippen LogP) is 4.70. The van der Waals surface area contributed by atoms with Gasteiger partial charge in [-0.3, -0.25) is 0 Å². The van der Waals surface area contributed by atoms with Crippen LogP contribution in [0.15, 0.2) is 35.7 Å². The van der Waals surface area contributed by atoms with Crippen LogP contribution in [-0.4, -0.2) is 6.61 Å². The molecule has 1 aliphatic carbocycles. The van der Waals surface area contributed by atoms with Gasteiger partial charge in [-0.05, 0) is 60.4 Å². The number of aryl methyl sites for hydroxylation is 1. The monoisotopic (exact) mass is 301 g/mol. The topological polar surface area (TPSA) is 21.3 Å². The molecule has 0 spiro atoms. The summed E-state index contributed by atoms with van der Waals surface area (Å²) in [6.07, 6.45) is 4.86. The van der Waals surface area contributed by atoms with Gasteiger partial charge in [-0.25, -0.2) is 0 Å². The van der Waals surface area contributed by atoms with Crippen LogP contribution in [0.5, 0.6) is 5.75 Å². The molecule has 0 amide bonds. The number of thiophene rings is 1. The average Bonchev–Trinajstić information content (AvgIpc) is 3.01. The zero-order chi connectivity index (χ0) is 14.5. The standard InChI is InChI=1S/C18H23NOS/c1-2-11-20-15-8-6-14(7-9-15)13-19-17-4-3-5-18-16(17)10-12-21-18/h6-10,12,17,19H,2-5,11,13H2,1H3. The molecule has 3 heteroatoms. The van der Waals surface area contributed by atoms with Gasteiger partial charge in [0.25, 0.3) is 0 Å². The molecule has 0 saturated carbocycles. The van der Waals surface area contributed by atoms with E-state index in [4.69, 9.17) is 4.74 Å². The number of fused-ring (bicyclic) bond motifs is 1. The van der Waals surface area contributed by atoms with Crippen molar-refractivity contribution in [3.05, 3.63) is 51.7 Å². The molecule has 1 aliphatic rings. The van der Waals surface area contributed by atoms with Crippen molar-refractivity contribution in [3.63, 3.8) is 0 Å². The lowest BCUT2D eigenvalue weighted by Crippen LogP contribution is -2.23. The van der Waals surface area contributed by atoms with Crippen LogP contribution in [0.2, 0.25) is 0 Å². The van der Waals surface area contributed by atoms with Crippen molar-refractivity contribution in [2.24, 2.45) is 0 Å². The fourth-order valence-electron chi connectivity index (χ4n) is 2.86. The molecule has 0 bridgehead atoms. The number of benzene rings is 1. The lowest BCUT2D eigenvalue weighted by molar-refractivity contribution is 0.317. The fraction of sp³-hybridized carbons (Fsp3) is 0.444. The summed E-state index contributed by atoms with van der Waals surface area (Å²) in [5.41, 5.74) is 2.84. The smallest absolute Gasteiger partial charge is 0.119 e. The summed E-state index contributed by atoms with van der Waals surface area (Å²) in [5, 5.41) is 5.94. The van der Waals surface area contributed by atoms with Gasteiger partial charge in [0.05, 0.1) is 6.61 Å². The molecule has 2 aromatic rings. The highest BCUT2D eigenvalue weighted by molar-refractivity contribution is 7.10. The van der Waals surface area contributed by atoms with Gasteiger partial charge in [-0.15, -0.1) is 11.3 Å². The van der Waals surface area contributed by atoms with E-state index >= 15 is 0 Å². The van der Waals surface area contributed by atoms with Crippen LogP contribution < -0.4 is 10.1 Å². The number of hydrogen-bond donors (Lipinski definition) is 1. The second-order valence-corrected chi connectivity index (χ2v) is 6.62. The maximum atomic E-state index is 5.62. The molecule has 1 aromatic heterocycles. The summed E-state index contributed by atoms with van der Waals surface area (Å²) in [6, 6.07) is 11.3. The summed E-state index contributed by atoms with van der Waals surface area (Å²) in [4.78, 5) is 1.57. The first-order valence-electron chi connectivity index (χ1n) is 7.88. The quantitative estimate of drug-likeness (QED) is 0.834. The van der Waals surface area contributed by atoms with Gasteiger partial charge in [0.2, 0.25) is 0 Å². The second-order valence-electron chi connectivity index (χ2n) is 5.62. The van der Waals surface area contributed by atoms with Crippen LogP contribution in [0.3, 0.4) is 0 Å². The molecule has 2 nitrogen and oxygen atoms in total. The molecule has 0 radical (unpaired) electrons. The van der Waals surface area contributed by atoms with E-state index in [1.54, 1.807) is 4.88 Å². The van der Waals surface area contributed by atoms with Crippen LogP contribution in [0.25, 0.3) is 0 Å². The van der Waals surface area contributed by atoms with Gasteiger partial charge in [0.1, 0.15) is 5.75 Å². The van der Waals surface area contributed by atoms with Crippen LogP contribution in [0, 0.1) is 0 Å². The fourth-order valence-corrected chi connectivity index (χ4v) is 3.85. The number of rotatable bonds is 6. The molecular weight excluding hydrogens is 278 g/mol. The minimum atomic E-state index is 0.524. The Morgan fingerprint density at radius 1 is 1.24 bits per heavy atom. The molecule has 1 aromatic carbocycles. The molecule has 1 unspecified atom stereocenters. The van der Waals surface area contributed by atoms with Crippen molar-refractivity contribution in [3.8, 4) is 5.75 Å². The summed E-state index contributed by atoms with van der Waals surface area (Å²) in [7, 11) is 0. The summed E-state index contributed by atoms with van der Waals surface area (Å²) < 4.78 is 5.62. The molecular formula is C18H23NOS. The summed E-state index contributed by atoms with van der Waals surface area (Å²) in [6.45, 7) is 3.84. The molecule has 1 N–H and O–H groups in total. The minimum absolute atomic E-state index is 0.524. The predicted molar refractivity (Wildman–Crippen MR) is 89.1 cm³/mol. The van der Waals surface area contributed by atoms with Gasteiger partial charge in [0, 0.05) is 17.5 Å². The minimum Gasteiger partial charge on any atom is -0.494 e. The van der Waals surface area contributed by atoms with Crippen molar-refractivity contribution in [2.45, 2.75) is 45.2 Å². The zero-order valence-electron chi connectivity index (χ0n) is 12.6. The third-order valence-corrected chi connectivity index (χ3v) is 5.00. The number of ether oxygens (including phenoxy) is 1. The van der Waals surface area contributed by atoms with E-state index in [1.807, 2.05) is 11.3 Å². The van der Waals surface area contributed by atoms with Crippen LogP contribution in [0.1, 0.15) is 48.2 Å². The normalized spacial score (nSPS) is 17.5. The summed E-state index contributed by atoms with van der Waals surface area (Å²) in [5.74, 6) is 0.971. The van der Waals surface area contributed by atoms with Crippen molar-refractivity contribution in [1.29, 1.82) is 0 Å². The highest BCUT2D eigenvalue weighted by Gasteiger charge is 2.20. The van der Waals surface area contributed by atoms with E-state index < -0.39 is 0 Å². The van der Waals surface area contributed by atoms with E-state index in [0.717, 1.165) is 25.3 Å². The van der Waals surface area contributed by atoms with Gasteiger partial charge in [-0.2, -0.15) is 0 Å². The van der Waals surface area contributed by atoms with Gasteiger partial charge in [-0.1, -0.05) is 19.1 Å². The number of nitrogens with one attached hydrogen (secondary N) is 1. The first-order chi connectivity index (χ1) is 10.4. The third-order valence-electron chi connectivity index (χ3n) is 4.00. The average molecular weight is 301 g/mol. The second kappa shape index (κ2) is 7.10. The van der Waals surface area contributed by atoms with Crippen molar-refractivity contribution >= 4 is 11.3 Å². The van der Waals surface area contributed by atoms with Crippen molar-refractivity contribution < 1.29 is 4.74 Å². The van der Waals surface area contributed by atoms with Crippen molar-refractivity contribution in [2.75, 3.05) is 6.61 Å². The van der Waals surface area contributed by atoms with Crippen LogP contribution in [-0.2, 0) is 13.0 Å². The zero-order valence-corrected chi connectivity index (χ0v) is 13.4. The molecule has 1 atom stereocenters. The molecule has 1 heterocycles. The largest absolute Gasteiger partial charge is 0.494 e. The highest BCUT2D eigenvalue weighted by atomic mass is 32.1. The number of hydrogen-bond acceptors (Lipinski definition) is 3. The van der Waals surface area contributed by atoms with Gasteiger partial charge in [0.15, 0.2) is 0 Å². The van der Waals surface area contributed by atoms with E-state index in [-0.39, 0.29) is 0 Å². The van der Waals surface area contributed by atoms with E-state index in [9.17, 15) is 0 Å². The Morgan fingerprint density at radius 3 is 2.90 bits per heavy atom. The SMILES string of the molecule is CCCOc1ccc(CNC2CCCc3sccc32)cc1. The Balaban J connectivity index is 1.56. The maximum absolute atomic E-state index is 5.62. The summed E-state index contributed by atoms with van der Waals surface area (Å²) >= 11 is 1.90. The van der Waals surface area contributed by atoms with Crippen molar-refractivity contribution in [1.82, 2.24) is 5.32 Å². The maximum Gasteiger partial charge on any atom is 0.119 e. The van der Waals surface area contributed by atoms with Crippen LogP contribution >= 0.6 is 11.3 Å². The van der Waals surface area contributed by atoms with Gasteiger partial charge < -0.3 is 10.1 Å². The van der Waals surface area contributed by atoms with E-state index in [2.05, 4.69) is 48.0 Å². The Bertz CT molecular complexity index is 561. The Labute approximate surface area is 131 Å². The molecule has 3 rings (SSSR count). The molecule has 0 saturated heterocycles. The first-order valence-corrected chi connectivity index (χ1v) is 8.76. The molecule has 112 valence electrons. The Hall–Kier alpha value is -1.32. The Morgan fingerprint density at radius 2 is 2.10 bits per heavy atom. The molecule has 0 aliphatic heterocycles. The van der Waals surface area contributed by atoms with Crippen LogP contribution in [0.4, 0.5) is 0 Å². The van der Waals surface area contributed by atoms with E-state index in [1.165, 1.54) is 30.4 Å². The van der Waals surface area contributed by atoms with Gasteiger partial charge >= 0.3 is 0 Å².